The molecule has 0 amide bonds. The van der Waals surface area contributed by atoms with Gasteiger partial charge < -0.3 is 14.2 Å². The van der Waals surface area contributed by atoms with Crippen molar-refractivity contribution in [1.82, 2.24) is 0 Å². The van der Waals surface area contributed by atoms with E-state index in [0.29, 0.717) is 35.3 Å². The van der Waals surface area contributed by atoms with Crippen molar-refractivity contribution in [3.8, 4) is 11.5 Å². The highest BCUT2D eigenvalue weighted by Crippen LogP contribution is 2.38. The van der Waals surface area contributed by atoms with Crippen molar-refractivity contribution in [2.24, 2.45) is 4.99 Å². The minimum Gasteiger partial charge on any atom is -0.490 e. The zero-order valence-electron chi connectivity index (χ0n) is 18.1. The van der Waals surface area contributed by atoms with Crippen LogP contribution in [0.25, 0.3) is 6.08 Å². The number of aliphatic imine (C=N–C) groups is 1. The van der Waals surface area contributed by atoms with Crippen LogP contribution in [0.3, 0.4) is 0 Å². The Bertz CT molecular complexity index is 1270. The number of hydrogen-bond acceptors (Lipinski definition) is 5. The molecule has 0 aromatic heterocycles. The van der Waals surface area contributed by atoms with E-state index in [4.69, 9.17) is 25.8 Å². The van der Waals surface area contributed by atoms with E-state index in [9.17, 15) is 9.18 Å². The van der Waals surface area contributed by atoms with Gasteiger partial charge in [-0.25, -0.2) is 14.2 Å². The van der Waals surface area contributed by atoms with Crippen molar-refractivity contribution in [3.63, 3.8) is 0 Å². The fourth-order valence-corrected chi connectivity index (χ4v) is 3.62. The number of hydrogen-bond donors (Lipinski definition) is 0. The molecule has 5 nitrogen and oxygen atoms in total. The molecule has 0 radical (unpaired) electrons. The number of halogens is 2. The molecule has 0 spiro atoms. The van der Waals surface area contributed by atoms with Gasteiger partial charge in [0.2, 0.25) is 5.90 Å². The maximum atomic E-state index is 14.0. The Morgan fingerprint density at radius 2 is 1.91 bits per heavy atom. The molecular formula is C26H21ClFNO4. The molecule has 0 saturated heterocycles. The molecule has 3 aromatic rings. The molecule has 0 saturated carbocycles. The second-order valence-corrected chi connectivity index (χ2v) is 7.76. The number of aryl methyl sites for hydroxylation is 1. The summed E-state index contributed by atoms with van der Waals surface area (Å²) in [5, 5.41) is 0.324. The molecule has 0 aliphatic carbocycles. The molecular weight excluding hydrogens is 445 g/mol. The molecule has 0 unspecified atom stereocenters. The van der Waals surface area contributed by atoms with Crippen LogP contribution in [0, 0.1) is 12.7 Å². The van der Waals surface area contributed by atoms with Gasteiger partial charge in [0.15, 0.2) is 17.2 Å². The third-order valence-corrected chi connectivity index (χ3v) is 5.11. The Kier molecular flexibility index (Phi) is 6.75. The predicted octanol–water partition coefficient (Wildman–Crippen LogP) is 6.11. The first-order chi connectivity index (χ1) is 15.9. The van der Waals surface area contributed by atoms with E-state index >= 15 is 0 Å². The van der Waals surface area contributed by atoms with Crippen molar-refractivity contribution in [1.29, 1.82) is 0 Å². The number of esters is 1. The fraction of sp³-hybridized carbons (Fsp3) is 0.154. The average Bonchev–Trinajstić information content (AvgIpc) is 3.13. The summed E-state index contributed by atoms with van der Waals surface area (Å²) in [6, 6.07) is 17.3. The third-order valence-electron chi connectivity index (χ3n) is 4.83. The molecule has 1 aliphatic heterocycles. The lowest BCUT2D eigenvalue weighted by atomic mass is 10.1. The highest BCUT2D eigenvalue weighted by atomic mass is 35.5. The Labute approximate surface area is 196 Å². The van der Waals surface area contributed by atoms with Crippen molar-refractivity contribution >= 4 is 29.5 Å². The Morgan fingerprint density at radius 3 is 2.67 bits per heavy atom. The lowest BCUT2D eigenvalue weighted by Gasteiger charge is -2.15. The lowest BCUT2D eigenvalue weighted by molar-refractivity contribution is -0.129. The number of carbonyl (C=O) groups is 1. The number of ether oxygens (including phenoxy) is 3. The van der Waals surface area contributed by atoms with Crippen LogP contribution < -0.4 is 9.47 Å². The quantitative estimate of drug-likeness (QED) is 0.312. The second-order valence-electron chi connectivity index (χ2n) is 7.36. The topological polar surface area (TPSA) is 57.1 Å². The first-order valence-electron chi connectivity index (χ1n) is 10.4. The molecule has 1 heterocycles. The van der Waals surface area contributed by atoms with E-state index in [-0.39, 0.29) is 17.2 Å². The van der Waals surface area contributed by atoms with Gasteiger partial charge in [-0.15, -0.1) is 0 Å². The summed E-state index contributed by atoms with van der Waals surface area (Å²) in [5.74, 6) is -0.441. The van der Waals surface area contributed by atoms with Gasteiger partial charge in [0.25, 0.3) is 0 Å². The standard InChI is InChI=1S/C26H21ClFNO4/c1-3-31-23-14-18(12-20(27)24(23)32-15-17-8-6-7-16(2)11-17)13-22-26(30)33-25(29-22)19-9-4-5-10-21(19)28/h4-14H,3,15H2,1-2H3/b22-13+. The summed E-state index contributed by atoms with van der Waals surface area (Å²) >= 11 is 6.50. The van der Waals surface area contributed by atoms with Crippen molar-refractivity contribution in [2.75, 3.05) is 6.61 Å². The van der Waals surface area contributed by atoms with E-state index in [1.807, 2.05) is 38.1 Å². The van der Waals surface area contributed by atoms with Gasteiger partial charge in [0.1, 0.15) is 12.4 Å². The van der Waals surface area contributed by atoms with Gasteiger partial charge >= 0.3 is 5.97 Å². The summed E-state index contributed by atoms with van der Waals surface area (Å²) in [7, 11) is 0. The minimum atomic E-state index is -0.679. The van der Waals surface area contributed by atoms with Gasteiger partial charge in [-0.2, -0.15) is 0 Å². The first-order valence-corrected chi connectivity index (χ1v) is 10.7. The van der Waals surface area contributed by atoms with Crippen LogP contribution in [0.2, 0.25) is 5.02 Å². The van der Waals surface area contributed by atoms with E-state index in [2.05, 4.69) is 4.99 Å². The third kappa shape index (κ3) is 5.23. The van der Waals surface area contributed by atoms with Crippen LogP contribution >= 0.6 is 11.6 Å². The van der Waals surface area contributed by atoms with Gasteiger partial charge in [-0.1, -0.05) is 53.6 Å². The van der Waals surface area contributed by atoms with E-state index in [1.54, 1.807) is 24.3 Å². The number of nitrogens with zero attached hydrogens (tertiary/aromatic N) is 1. The second kappa shape index (κ2) is 9.88. The fourth-order valence-electron chi connectivity index (χ4n) is 3.35. The highest BCUT2D eigenvalue weighted by Gasteiger charge is 2.26. The van der Waals surface area contributed by atoms with Crippen LogP contribution in [0.1, 0.15) is 29.2 Å². The van der Waals surface area contributed by atoms with Crippen LogP contribution in [-0.4, -0.2) is 18.5 Å². The molecule has 33 heavy (non-hydrogen) atoms. The smallest absolute Gasteiger partial charge is 0.363 e. The van der Waals surface area contributed by atoms with Gasteiger partial charge in [-0.05, 0) is 55.3 Å². The summed E-state index contributed by atoms with van der Waals surface area (Å²) in [5.41, 5.74) is 2.84. The van der Waals surface area contributed by atoms with Crippen LogP contribution in [-0.2, 0) is 16.1 Å². The summed E-state index contributed by atoms with van der Waals surface area (Å²) in [6.07, 6.45) is 1.51. The molecule has 0 bridgehead atoms. The molecule has 1 aliphatic rings. The zero-order chi connectivity index (χ0) is 23.4. The minimum absolute atomic E-state index is 0.0280. The normalized spacial score (nSPS) is 14.2. The van der Waals surface area contributed by atoms with Crippen LogP contribution in [0.4, 0.5) is 4.39 Å². The van der Waals surface area contributed by atoms with E-state index in [1.165, 1.54) is 18.2 Å². The van der Waals surface area contributed by atoms with Crippen molar-refractivity contribution in [2.45, 2.75) is 20.5 Å². The van der Waals surface area contributed by atoms with Crippen LogP contribution in [0.5, 0.6) is 11.5 Å². The zero-order valence-corrected chi connectivity index (χ0v) is 18.9. The number of carbonyl (C=O) groups excluding carboxylic acids is 1. The Balaban J connectivity index is 1.62. The highest BCUT2D eigenvalue weighted by molar-refractivity contribution is 6.32. The van der Waals surface area contributed by atoms with E-state index < -0.39 is 11.8 Å². The maximum Gasteiger partial charge on any atom is 0.363 e. The largest absolute Gasteiger partial charge is 0.490 e. The Hall–Kier alpha value is -3.64. The van der Waals surface area contributed by atoms with Gasteiger partial charge in [-0.3, -0.25) is 0 Å². The van der Waals surface area contributed by atoms with Crippen molar-refractivity contribution in [3.05, 3.63) is 99.5 Å². The molecule has 4 rings (SSSR count). The predicted molar refractivity (Wildman–Crippen MR) is 125 cm³/mol. The maximum absolute atomic E-state index is 14.0. The Morgan fingerprint density at radius 1 is 1.09 bits per heavy atom. The van der Waals surface area contributed by atoms with Crippen molar-refractivity contribution < 1.29 is 23.4 Å². The number of rotatable bonds is 7. The monoisotopic (exact) mass is 465 g/mol. The molecule has 0 atom stereocenters. The van der Waals surface area contributed by atoms with Crippen LogP contribution in [0.15, 0.2) is 71.4 Å². The molecule has 7 heteroatoms. The molecule has 0 N–H and O–H groups in total. The average molecular weight is 466 g/mol. The van der Waals surface area contributed by atoms with Gasteiger partial charge in [0.05, 0.1) is 17.2 Å². The first kappa shape index (κ1) is 22.6. The summed E-state index contributed by atoms with van der Waals surface area (Å²) in [6.45, 7) is 4.58. The summed E-state index contributed by atoms with van der Waals surface area (Å²) in [4.78, 5) is 16.5. The van der Waals surface area contributed by atoms with E-state index in [0.717, 1.165) is 11.1 Å². The van der Waals surface area contributed by atoms with Gasteiger partial charge in [0, 0.05) is 0 Å². The molecule has 168 valence electrons. The lowest BCUT2D eigenvalue weighted by Crippen LogP contribution is -2.07. The molecule has 0 fully saturated rings. The SMILES string of the molecule is CCOc1cc(/C=C2/N=C(c3ccccc3F)OC2=O)cc(Cl)c1OCc1cccc(C)c1. The molecule has 3 aromatic carbocycles. The summed E-state index contributed by atoms with van der Waals surface area (Å²) < 4.78 is 30.9. The number of benzene rings is 3. The number of cyclic esters (lactones) is 1.